The summed E-state index contributed by atoms with van der Waals surface area (Å²) in [4.78, 5) is 19.0. The van der Waals surface area contributed by atoms with Crippen LogP contribution < -0.4 is 4.90 Å². The number of nitrogens with zero attached hydrogens (tertiary/aromatic N) is 2. The maximum atomic E-state index is 12.8. The molecule has 0 radical (unpaired) electrons. The van der Waals surface area contributed by atoms with E-state index in [1.165, 1.54) is 11.3 Å². The second-order valence-electron chi connectivity index (χ2n) is 5.31. The molecule has 3 rings (SSSR count). The van der Waals surface area contributed by atoms with Crippen LogP contribution in [0, 0.1) is 12.8 Å². The Hall–Kier alpha value is -1.94. The highest BCUT2D eigenvalue weighted by Crippen LogP contribution is 2.31. The van der Waals surface area contributed by atoms with Crippen molar-refractivity contribution in [1.82, 2.24) is 4.98 Å². The molecule has 1 heterocycles. The molecule has 1 amide bonds. The van der Waals surface area contributed by atoms with Crippen molar-refractivity contribution in [3.05, 3.63) is 53.6 Å². The highest BCUT2D eigenvalue weighted by Gasteiger charge is 2.23. The number of thiazole rings is 1. The second kappa shape index (κ2) is 6.22. The van der Waals surface area contributed by atoms with E-state index in [1.807, 2.05) is 42.6 Å². The topological polar surface area (TPSA) is 33.2 Å². The minimum atomic E-state index is 0.118. The highest BCUT2D eigenvalue weighted by atomic mass is 32.1. The van der Waals surface area contributed by atoms with Gasteiger partial charge in [0, 0.05) is 11.8 Å². The van der Waals surface area contributed by atoms with Gasteiger partial charge in [-0.05, 0) is 37.8 Å². The fourth-order valence-corrected chi connectivity index (χ4v) is 3.40. The number of allylic oxidation sites excluding steroid dienone is 2. The van der Waals surface area contributed by atoms with Gasteiger partial charge in [-0.2, -0.15) is 0 Å². The number of rotatable bonds is 4. The molecular formula is C17H18N2OS. The summed E-state index contributed by atoms with van der Waals surface area (Å²) in [5.74, 6) is 0.483. The van der Waals surface area contributed by atoms with Gasteiger partial charge in [0.25, 0.3) is 0 Å². The summed E-state index contributed by atoms with van der Waals surface area (Å²) in [6.45, 7) is 1.95. The van der Waals surface area contributed by atoms with Crippen LogP contribution in [0.25, 0.3) is 0 Å². The third-order valence-electron chi connectivity index (χ3n) is 3.61. The number of para-hydroxylation sites is 1. The van der Waals surface area contributed by atoms with Crippen molar-refractivity contribution in [3.63, 3.8) is 0 Å². The molecule has 1 aromatic heterocycles. The molecular weight excluding hydrogens is 280 g/mol. The van der Waals surface area contributed by atoms with Gasteiger partial charge in [0.1, 0.15) is 0 Å². The van der Waals surface area contributed by atoms with Crippen molar-refractivity contribution in [2.24, 2.45) is 5.92 Å². The first kappa shape index (κ1) is 14.0. The Morgan fingerprint density at radius 3 is 2.81 bits per heavy atom. The predicted octanol–water partition coefficient (Wildman–Crippen LogP) is 4.47. The van der Waals surface area contributed by atoms with Crippen molar-refractivity contribution in [2.45, 2.75) is 26.2 Å². The first-order valence-corrected chi connectivity index (χ1v) is 8.09. The van der Waals surface area contributed by atoms with E-state index in [-0.39, 0.29) is 5.91 Å². The van der Waals surface area contributed by atoms with Gasteiger partial charge >= 0.3 is 0 Å². The molecule has 2 aromatic rings. The van der Waals surface area contributed by atoms with E-state index in [0.717, 1.165) is 29.4 Å². The Balaban J connectivity index is 1.88. The lowest BCUT2D eigenvalue weighted by Crippen LogP contribution is -2.27. The molecule has 108 valence electrons. The summed E-state index contributed by atoms with van der Waals surface area (Å²) in [7, 11) is 0. The maximum absolute atomic E-state index is 12.8. The van der Waals surface area contributed by atoms with Gasteiger partial charge in [-0.15, -0.1) is 11.3 Å². The average molecular weight is 298 g/mol. The Labute approximate surface area is 128 Å². The molecule has 0 bridgehead atoms. The molecule has 3 nitrogen and oxygen atoms in total. The Kier molecular flexibility index (Phi) is 4.15. The number of hydrogen-bond acceptors (Lipinski definition) is 3. The summed E-state index contributed by atoms with van der Waals surface area (Å²) in [5.41, 5.74) is 1.84. The smallest absolute Gasteiger partial charge is 0.233 e. The Morgan fingerprint density at radius 1 is 1.38 bits per heavy atom. The molecule has 1 aromatic carbocycles. The van der Waals surface area contributed by atoms with E-state index >= 15 is 0 Å². The van der Waals surface area contributed by atoms with E-state index in [0.29, 0.717) is 12.3 Å². The van der Waals surface area contributed by atoms with Gasteiger partial charge < -0.3 is 0 Å². The Bertz CT molecular complexity index is 648. The number of aromatic nitrogens is 1. The molecule has 1 atom stereocenters. The molecule has 1 unspecified atom stereocenters. The second-order valence-corrected chi connectivity index (χ2v) is 6.14. The zero-order valence-corrected chi connectivity index (χ0v) is 12.8. The summed E-state index contributed by atoms with van der Waals surface area (Å²) in [5, 5.41) is 2.74. The Morgan fingerprint density at radius 2 is 2.19 bits per heavy atom. The van der Waals surface area contributed by atoms with E-state index in [4.69, 9.17) is 0 Å². The van der Waals surface area contributed by atoms with E-state index < -0.39 is 0 Å². The number of amides is 1. The van der Waals surface area contributed by atoms with Gasteiger partial charge in [-0.3, -0.25) is 9.69 Å². The van der Waals surface area contributed by atoms with Crippen LogP contribution in [-0.2, 0) is 4.79 Å². The normalized spacial score (nSPS) is 17.1. The number of hydrogen-bond donors (Lipinski definition) is 0. The molecule has 4 heteroatoms. The van der Waals surface area contributed by atoms with Crippen LogP contribution in [0.4, 0.5) is 10.8 Å². The summed E-state index contributed by atoms with van der Waals surface area (Å²) in [6, 6.07) is 9.77. The van der Waals surface area contributed by atoms with Gasteiger partial charge in [-0.1, -0.05) is 30.4 Å². The molecule has 1 aliphatic rings. The number of carbonyl (C=O) groups is 1. The molecule has 1 aliphatic carbocycles. The minimum Gasteiger partial charge on any atom is -0.274 e. The first-order valence-electron chi connectivity index (χ1n) is 7.21. The van der Waals surface area contributed by atoms with Crippen LogP contribution in [0.1, 0.15) is 25.0 Å². The lowest BCUT2D eigenvalue weighted by atomic mass is 10.0. The van der Waals surface area contributed by atoms with Crippen molar-refractivity contribution < 1.29 is 4.79 Å². The van der Waals surface area contributed by atoms with E-state index in [1.54, 1.807) is 4.90 Å². The van der Waals surface area contributed by atoms with Crippen LogP contribution in [-0.4, -0.2) is 10.9 Å². The van der Waals surface area contributed by atoms with Crippen molar-refractivity contribution in [3.8, 4) is 0 Å². The third kappa shape index (κ3) is 3.22. The first-order chi connectivity index (χ1) is 10.2. The van der Waals surface area contributed by atoms with Gasteiger partial charge in [0.2, 0.25) is 5.91 Å². The van der Waals surface area contributed by atoms with E-state index in [2.05, 4.69) is 17.1 Å². The molecule has 0 N–H and O–H groups in total. The lowest BCUT2D eigenvalue weighted by molar-refractivity contribution is -0.118. The predicted molar refractivity (Wildman–Crippen MR) is 86.9 cm³/mol. The minimum absolute atomic E-state index is 0.118. The number of anilines is 2. The number of aryl methyl sites for hydroxylation is 1. The van der Waals surface area contributed by atoms with Crippen LogP contribution >= 0.6 is 11.3 Å². The van der Waals surface area contributed by atoms with E-state index in [9.17, 15) is 4.79 Å². The van der Waals surface area contributed by atoms with Crippen LogP contribution in [0.3, 0.4) is 0 Å². The average Bonchev–Trinajstić information content (AvgIpc) is 3.13. The molecule has 0 spiro atoms. The fourth-order valence-electron chi connectivity index (χ4n) is 2.56. The third-order valence-corrected chi connectivity index (χ3v) is 4.55. The van der Waals surface area contributed by atoms with Gasteiger partial charge in [-0.25, -0.2) is 4.98 Å². The molecule has 21 heavy (non-hydrogen) atoms. The van der Waals surface area contributed by atoms with Crippen molar-refractivity contribution in [2.75, 3.05) is 4.90 Å². The zero-order chi connectivity index (χ0) is 14.7. The van der Waals surface area contributed by atoms with Gasteiger partial charge in [0.15, 0.2) is 5.13 Å². The number of benzene rings is 1. The summed E-state index contributed by atoms with van der Waals surface area (Å²) >= 11 is 1.51. The molecule has 0 aliphatic heterocycles. The lowest BCUT2D eigenvalue weighted by Gasteiger charge is -2.21. The zero-order valence-electron chi connectivity index (χ0n) is 12.0. The van der Waals surface area contributed by atoms with Crippen LogP contribution in [0.15, 0.2) is 47.9 Å². The molecule has 0 fully saturated rings. The van der Waals surface area contributed by atoms with Crippen LogP contribution in [0.2, 0.25) is 0 Å². The maximum Gasteiger partial charge on any atom is 0.233 e. The fraction of sp³-hybridized carbons (Fsp3) is 0.294. The van der Waals surface area contributed by atoms with Crippen molar-refractivity contribution in [1.29, 1.82) is 0 Å². The quantitative estimate of drug-likeness (QED) is 0.780. The van der Waals surface area contributed by atoms with Crippen molar-refractivity contribution >= 4 is 28.1 Å². The highest BCUT2D eigenvalue weighted by molar-refractivity contribution is 7.14. The monoisotopic (exact) mass is 298 g/mol. The summed E-state index contributed by atoms with van der Waals surface area (Å²) < 4.78 is 0. The SMILES string of the molecule is Cc1csc(N(C(=O)CC2C=CCC2)c2ccccc2)n1. The molecule has 0 saturated carbocycles. The van der Waals surface area contributed by atoms with Gasteiger partial charge in [0.05, 0.1) is 11.4 Å². The molecule has 0 saturated heterocycles. The largest absolute Gasteiger partial charge is 0.274 e. The number of carbonyl (C=O) groups excluding carboxylic acids is 1. The van der Waals surface area contributed by atoms with Crippen LogP contribution in [0.5, 0.6) is 0 Å². The summed E-state index contributed by atoms with van der Waals surface area (Å²) in [6.07, 6.45) is 7.03. The standard InChI is InChI=1S/C17H18N2OS/c1-13-12-21-17(18-13)19(15-9-3-2-4-10-15)16(20)11-14-7-5-6-8-14/h2-5,7,9-10,12,14H,6,8,11H2,1H3.